The van der Waals surface area contributed by atoms with Crippen LogP contribution in [-0.2, 0) is 4.79 Å². The number of nitrogens with zero attached hydrogens (tertiary/aromatic N) is 3. The van der Waals surface area contributed by atoms with Gasteiger partial charge in [0.05, 0.1) is 24.8 Å². The number of thiazole rings is 2. The van der Waals surface area contributed by atoms with Gasteiger partial charge in [0, 0.05) is 17.0 Å². The highest BCUT2D eigenvalue weighted by Crippen LogP contribution is 2.34. The van der Waals surface area contributed by atoms with Crippen molar-refractivity contribution < 1.29 is 9.72 Å². The van der Waals surface area contributed by atoms with Gasteiger partial charge >= 0.3 is 5.00 Å². The Morgan fingerprint density at radius 1 is 1.19 bits per heavy atom. The van der Waals surface area contributed by atoms with Crippen molar-refractivity contribution in [2.75, 3.05) is 5.32 Å². The maximum absolute atomic E-state index is 12.1. The van der Waals surface area contributed by atoms with Crippen molar-refractivity contribution >= 4 is 76.6 Å². The van der Waals surface area contributed by atoms with E-state index in [4.69, 9.17) is 0 Å². The summed E-state index contributed by atoms with van der Waals surface area (Å²) in [6.45, 7) is 1.96. The highest BCUT2D eigenvalue weighted by atomic mass is 32.1. The van der Waals surface area contributed by atoms with Crippen molar-refractivity contribution in [2.24, 2.45) is 0 Å². The number of amides is 1. The summed E-state index contributed by atoms with van der Waals surface area (Å²) in [7, 11) is 0. The van der Waals surface area contributed by atoms with Gasteiger partial charge in [0.2, 0.25) is 5.91 Å². The molecule has 0 aliphatic rings. The van der Waals surface area contributed by atoms with Crippen LogP contribution in [-0.4, -0.2) is 20.8 Å². The smallest absolute Gasteiger partial charge is 0.298 e. The molecule has 3 aromatic heterocycles. The van der Waals surface area contributed by atoms with E-state index in [1.807, 2.05) is 19.1 Å². The van der Waals surface area contributed by atoms with E-state index in [9.17, 15) is 14.9 Å². The van der Waals surface area contributed by atoms with Gasteiger partial charge in [-0.3, -0.25) is 20.2 Å². The fraction of sp³-hybridized carbons (Fsp3) is 0.0625. The monoisotopic (exact) mass is 402 g/mol. The molecule has 0 unspecified atom stereocenters. The number of aromatic nitrogens is 2. The molecule has 0 saturated carbocycles. The van der Waals surface area contributed by atoms with Crippen molar-refractivity contribution in [3.8, 4) is 0 Å². The number of aryl methyl sites for hydroxylation is 1. The zero-order valence-corrected chi connectivity index (χ0v) is 15.7. The number of benzene rings is 1. The maximum atomic E-state index is 12.1. The number of carbonyl (C=O) groups excluding carboxylic acids is 1. The summed E-state index contributed by atoms with van der Waals surface area (Å²) in [4.78, 5) is 31.9. The topological polar surface area (TPSA) is 98.0 Å². The summed E-state index contributed by atoms with van der Waals surface area (Å²) >= 11 is 4.01. The molecule has 0 fully saturated rings. The molecule has 0 atom stereocenters. The number of carbonyl (C=O) groups is 1. The summed E-state index contributed by atoms with van der Waals surface area (Å²) < 4.78 is 2.04. The third-order valence-corrected chi connectivity index (χ3v) is 6.37. The van der Waals surface area contributed by atoms with E-state index >= 15 is 0 Å². The second-order valence-corrected chi connectivity index (χ2v) is 8.60. The Morgan fingerprint density at radius 3 is 2.81 bits per heavy atom. The van der Waals surface area contributed by atoms with Crippen LogP contribution >= 0.6 is 34.0 Å². The predicted molar refractivity (Wildman–Crippen MR) is 106 cm³/mol. The third-order valence-electron chi connectivity index (χ3n) is 3.44. The number of hydrogen-bond acceptors (Lipinski definition) is 8. The molecule has 10 heteroatoms. The Labute approximate surface area is 158 Å². The minimum atomic E-state index is -0.454. The second-order valence-electron chi connectivity index (χ2n) is 5.27. The SMILES string of the molecule is Cc1nc2c(ccc3nc(NC(=O)C=Cc4ccc([N+](=O)[O-])s4)sc32)s1. The maximum Gasteiger partial charge on any atom is 0.324 e. The van der Waals surface area contributed by atoms with Gasteiger partial charge in [-0.05, 0) is 31.2 Å². The lowest BCUT2D eigenvalue weighted by Gasteiger charge is -1.94. The van der Waals surface area contributed by atoms with Gasteiger partial charge in [-0.2, -0.15) is 0 Å². The Hall–Kier alpha value is -2.69. The molecular formula is C16H10N4O3S3. The van der Waals surface area contributed by atoms with E-state index in [0.29, 0.717) is 10.0 Å². The van der Waals surface area contributed by atoms with Crippen LogP contribution in [0, 0.1) is 17.0 Å². The van der Waals surface area contributed by atoms with E-state index in [1.165, 1.54) is 23.5 Å². The number of hydrogen-bond donors (Lipinski definition) is 1. The van der Waals surface area contributed by atoms with Crippen molar-refractivity contribution in [2.45, 2.75) is 6.92 Å². The Morgan fingerprint density at radius 2 is 2.04 bits per heavy atom. The van der Waals surface area contributed by atoms with Crippen molar-refractivity contribution in [3.63, 3.8) is 0 Å². The molecule has 1 amide bonds. The third kappa shape index (κ3) is 3.21. The number of fused-ring (bicyclic) bond motifs is 3. The lowest BCUT2D eigenvalue weighted by Crippen LogP contribution is -2.06. The summed E-state index contributed by atoms with van der Waals surface area (Å²) in [6.07, 6.45) is 2.88. The Bertz CT molecular complexity index is 1190. The van der Waals surface area contributed by atoms with Gasteiger partial charge in [-0.25, -0.2) is 9.97 Å². The molecule has 3 heterocycles. The van der Waals surface area contributed by atoms with Crippen molar-refractivity contribution in [1.29, 1.82) is 0 Å². The average Bonchev–Trinajstić information content (AvgIpc) is 3.28. The van der Waals surface area contributed by atoms with Crippen molar-refractivity contribution in [1.82, 2.24) is 9.97 Å². The van der Waals surface area contributed by atoms with Gasteiger partial charge in [-0.15, -0.1) is 11.3 Å². The van der Waals surface area contributed by atoms with Crippen LogP contribution in [0.15, 0.2) is 30.3 Å². The molecule has 0 aliphatic carbocycles. The first-order valence-electron chi connectivity index (χ1n) is 7.39. The number of thiophene rings is 1. The first kappa shape index (κ1) is 16.8. The van der Waals surface area contributed by atoms with E-state index in [-0.39, 0.29) is 10.9 Å². The minimum absolute atomic E-state index is 0.0406. The molecule has 1 aromatic carbocycles. The van der Waals surface area contributed by atoms with E-state index in [2.05, 4.69) is 15.3 Å². The molecule has 1 N–H and O–H groups in total. The largest absolute Gasteiger partial charge is 0.324 e. The number of nitro groups is 1. The average molecular weight is 402 g/mol. The van der Waals surface area contributed by atoms with Crippen LogP contribution in [0.2, 0.25) is 0 Å². The number of rotatable bonds is 4. The van der Waals surface area contributed by atoms with Crippen LogP contribution in [0.3, 0.4) is 0 Å². The van der Waals surface area contributed by atoms with Crippen LogP contribution in [0.5, 0.6) is 0 Å². The zero-order chi connectivity index (χ0) is 18.3. The van der Waals surface area contributed by atoms with Gasteiger partial charge < -0.3 is 0 Å². The summed E-state index contributed by atoms with van der Waals surface area (Å²) in [5.74, 6) is -0.342. The molecule has 0 bridgehead atoms. The molecular weight excluding hydrogens is 392 g/mol. The zero-order valence-electron chi connectivity index (χ0n) is 13.3. The van der Waals surface area contributed by atoms with Crippen LogP contribution in [0.4, 0.5) is 10.1 Å². The number of nitrogens with one attached hydrogen (secondary N) is 1. The molecule has 7 nitrogen and oxygen atoms in total. The highest BCUT2D eigenvalue weighted by molar-refractivity contribution is 7.24. The van der Waals surface area contributed by atoms with Gasteiger partial charge in [-0.1, -0.05) is 22.7 Å². The molecule has 4 rings (SSSR count). The first-order valence-corrected chi connectivity index (χ1v) is 9.84. The molecule has 0 saturated heterocycles. The predicted octanol–water partition coefficient (Wildman–Crippen LogP) is 4.84. The lowest BCUT2D eigenvalue weighted by atomic mass is 10.3. The Balaban J connectivity index is 1.54. The van der Waals surface area contributed by atoms with Crippen LogP contribution in [0.1, 0.15) is 9.88 Å². The van der Waals surface area contributed by atoms with E-state index in [1.54, 1.807) is 23.5 Å². The highest BCUT2D eigenvalue weighted by Gasteiger charge is 2.12. The molecule has 4 aromatic rings. The first-order chi connectivity index (χ1) is 12.5. The molecule has 130 valence electrons. The fourth-order valence-corrected chi connectivity index (χ4v) is 4.96. The molecule has 0 radical (unpaired) electrons. The van der Waals surface area contributed by atoms with Crippen LogP contribution in [0.25, 0.3) is 26.5 Å². The quantitative estimate of drug-likeness (QED) is 0.299. The van der Waals surface area contributed by atoms with Crippen LogP contribution < -0.4 is 5.32 Å². The second kappa shape index (κ2) is 6.56. The Kier molecular flexibility index (Phi) is 4.23. The van der Waals surface area contributed by atoms with Gasteiger partial charge in [0.1, 0.15) is 5.52 Å². The lowest BCUT2D eigenvalue weighted by molar-refractivity contribution is -0.380. The van der Waals surface area contributed by atoms with Gasteiger partial charge in [0.25, 0.3) is 0 Å². The summed E-state index contributed by atoms with van der Waals surface area (Å²) in [5, 5.41) is 14.9. The van der Waals surface area contributed by atoms with Gasteiger partial charge in [0.15, 0.2) is 5.13 Å². The standard InChI is InChI=1S/C16H10N4O3S3/c1-8-17-14-11(24-8)5-4-10-15(14)26-16(18-10)19-12(21)6-2-9-3-7-13(25-9)20(22)23/h2-7H,1H3,(H,18,19,21). The molecule has 0 aliphatic heterocycles. The minimum Gasteiger partial charge on any atom is -0.298 e. The summed E-state index contributed by atoms with van der Waals surface area (Å²) in [6, 6.07) is 6.92. The summed E-state index contributed by atoms with van der Waals surface area (Å²) in [5.41, 5.74) is 1.70. The molecule has 0 spiro atoms. The normalized spacial score (nSPS) is 11.6. The molecule has 26 heavy (non-hydrogen) atoms. The fourth-order valence-electron chi connectivity index (χ4n) is 2.38. The van der Waals surface area contributed by atoms with E-state index in [0.717, 1.165) is 36.8 Å². The number of anilines is 1. The van der Waals surface area contributed by atoms with Crippen molar-refractivity contribution in [3.05, 3.63) is 50.3 Å². The van der Waals surface area contributed by atoms with E-state index < -0.39 is 4.92 Å².